The molecule has 0 fully saturated rings. The van der Waals surface area contributed by atoms with Crippen molar-refractivity contribution in [2.75, 3.05) is 6.54 Å². The standard InChI is InChI=1S/C16H23ClN4/c1-5-18-14(13-9-11(3)7-8-19-13)10-15-16(17)12(4)20-21(15)6-2/h7-9,14,18H,5-6,10H2,1-4H3. The van der Waals surface area contributed by atoms with Crippen LogP contribution in [0.15, 0.2) is 18.3 Å². The van der Waals surface area contributed by atoms with Gasteiger partial charge >= 0.3 is 0 Å². The number of halogens is 1. The molecule has 0 saturated heterocycles. The van der Waals surface area contributed by atoms with Gasteiger partial charge in [0.2, 0.25) is 0 Å². The van der Waals surface area contributed by atoms with Crippen LogP contribution in [0.1, 0.15) is 42.5 Å². The molecule has 0 aliphatic carbocycles. The molecule has 5 heteroatoms. The first-order valence-corrected chi connectivity index (χ1v) is 7.82. The lowest BCUT2D eigenvalue weighted by atomic mass is 10.1. The highest BCUT2D eigenvalue weighted by atomic mass is 35.5. The van der Waals surface area contributed by atoms with Crippen molar-refractivity contribution in [1.29, 1.82) is 0 Å². The smallest absolute Gasteiger partial charge is 0.0847 e. The molecule has 2 aromatic heterocycles. The maximum atomic E-state index is 6.42. The summed E-state index contributed by atoms with van der Waals surface area (Å²) in [7, 11) is 0. The van der Waals surface area contributed by atoms with E-state index in [-0.39, 0.29) is 6.04 Å². The number of hydrogen-bond acceptors (Lipinski definition) is 3. The average molecular weight is 307 g/mol. The Morgan fingerprint density at radius 1 is 1.33 bits per heavy atom. The second-order valence-corrected chi connectivity index (χ2v) is 5.61. The molecular weight excluding hydrogens is 284 g/mol. The van der Waals surface area contributed by atoms with E-state index in [0.717, 1.165) is 41.6 Å². The first kappa shape index (κ1) is 16.0. The Morgan fingerprint density at radius 3 is 2.71 bits per heavy atom. The topological polar surface area (TPSA) is 42.7 Å². The molecule has 4 nitrogen and oxygen atoms in total. The van der Waals surface area contributed by atoms with Crippen molar-refractivity contribution in [2.45, 2.75) is 46.7 Å². The number of aromatic nitrogens is 3. The number of rotatable bonds is 6. The van der Waals surface area contributed by atoms with Gasteiger partial charge in [0, 0.05) is 19.2 Å². The van der Waals surface area contributed by atoms with Crippen molar-refractivity contribution in [3.63, 3.8) is 0 Å². The minimum absolute atomic E-state index is 0.147. The van der Waals surface area contributed by atoms with E-state index >= 15 is 0 Å². The number of nitrogens with zero attached hydrogens (tertiary/aromatic N) is 3. The van der Waals surface area contributed by atoms with E-state index in [1.807, 2.05) is 23.9 Å². The summed E-state index contributed by atoms with van der Waals surface area (Å²) in [4.78, 5) is 4.51. The first-order valence-electron chi connectivity index (χ1n) is 7.44. The minimum atomic E-state index is 0.147. The van der Waals surface area contributed by atoms with Gasteiger partial charge < -0.3 is 5.32 Å². The maximum absolute atomic E-state index is 6.42. The number of nitrogens with one attached hydrogen (secondary N) is 1. The SMILES string of the molecule is CCNC(Cc1c(Cl)c(C)nn1CC)c1cc(C)ccn1. The van der Waals surface area contributed by atoms with Crippen LogP contribution in [0.25, 0.3) is 0 Å². The van der Waals surface area contributed by atoms with E-state index < -0.39 is 0 Å². The predicted molar refractivity (Wildman–Crippen MR) is 86.7 cm³/mol. The van der Waals surface area contributed by atoms with Crippen molar-refractivity contribution in [1.82, 2.24) is 20.1 Å². The van der Waals surface area contributed by atoms with Gasteiger partial charge in [-0.1, -0.05) is 18.5 Å². The Balaban J connectivity index is 2.32. The fourth-order valence-electron chi connectivity index (χ4n) is 2.54. The lowest BCUT2D eigenvalue weighted by molar-refractivity contribution is 0.506. The van der Waals surface area contributed by atoms with E-state index in [9.17, 15) is 0 Å². The maximum Gasteiger partial charge on any atom is 0.0847 e. The van der Waals surface area contributed by atoms with Crippen LogP contribution in [-0.2, 0) is 13.0 Å². The molecule has 2 rings (SSSR count). The largest absolute Gasteiger partial charge is 0.309 e. The van der Waals surface area contributed by atoms with Crippen molar-refractivity contribution >= 4 is 11.6 Å². The van der Waals surface area contributed by atoms with Gasteiger partial charge in [-0.3, -0.25) is 9.67 Å². The fourth-order valence-corrected chi connectivity index (χ4v) is 2.75. The first-order chi connectivity index (χ1) is 10.1. The van der Waals surface area contributed by atoms with Crippen molar-refractivity contribution < 1.29 is 0 Å². The van der Waals surface area contributed by atoms with Gasteiger partial charge in [0.15, 0.2) is 0 Å². The normalized spacial score (nSPS) is 12.6. The van der Waals surface area contributed by atoms with Gasteiger partial charge in [0.25, 0.3) is 0 Å². The molecule has 1 unspecified atom stereocenters. The molecular formula is C16H23ClN4. The summed E-state index contributed by atoms with van der Waals surface area (Å²) in [5, 5.41) is 8.76. The van der Waals surface area contributed by atoms with Crippen LogP contribution in [0.5, 0.6) is 0 Å². The van der Waals surface area contributed by atoms with Crippen LogP contribution in [0.3, 0.4) is 0 Å². The van der Waals surface area contributed by atoms with Crippen molar-refractivity contribution in [3.05, 3.63) is 46.0 Å². The zero-order chi connectivity index (χ0) is 15.4. The molecule has 0 aliphatic heterocycles. The molecule has 0 aliphatic rings. The molecule has 2 heterocycles. The third-order valence-electron chi connectivity index (χ3n) is 3.59. The summed E-state index contributed by atoms with van der Waals surface area (Å²) in [5.41, 5.74) is 4.23. The Labute approximate surface area is 131 Å². The van der Waals surface area contributed by atoms with E-state index in [1.54, 1.807) is 0 Å². The molecule has 0 bridgehead atoms. The van der Waals surface area contributed by atoms with Crippen LogP contribution in [0, 0.1) is 13.8 Å². The number of likely N-dealkylation sites (N-methyl/N-ethyl adjacent to an activating group) is 1. The quantitative estimate of drug-likeness (QED) is 0.888. The fraction of sp³-hybridized carbons (Fsp3) is 0.500. The van der Waals surface area contributed by atoms with E-state index in [0.29, 0.717) is 0 Å². The average Bonchev–Trinajstić information content (AvgIpc) is 2.74. The summed E-state index contributed by atoms with van der Waals surface area (Å²) in [6.45, 7) is 9.93. The zero-order valence-electron chi connectivity index (χ0n) is 13.2. The predicted octanol–water partition coefficient (Wildman–Crippen LogP) is 3.46. The third kappa shape index (κ3) is 3.63. The van der Waals surface area contributed by atoms with E-state index in [4.69, 9.17) is 11.6 Å². The Bertz CT molecular complexity index is 606. The summed E-state index contributed by atoms with van der Waals surface area (Å²) in [6.07, 6.45) is 2.65. The molecule has 0 spiro atoms. The van der Waals surface area contributed by atoms with Crippen LogP contribution >= 0.6 is 11.6 Å². The van der Waals surface area contributed by atoms with Crippen molar-refractivity contribution in [3.8, 4) is 0 Å². The van der Waals surface area contributed by atoms with E-state index in [2.05, 4.69) is 42.2 Å². The number of hydrogen-bond donors (Lipinski definition) is 1. The summed E-state index contributed by atoms with van der Waals surface area (Å²) in [5.74, 6) is 0. The monoisotopic (exact) mass is 306 g/mol. The molecule has 0 aromatic carbocycles. The number of aryl methyl sites for hydroxylation is 3. The highest BCUT2D eigenvalue weighted by Gasteiger charge is 2.19. The highest BCUT2D eigenvalue weighted by molar-refractivity contribution is 6.31. The van der Waals surface area contributed by atoms with Gasteiger partial charge in [-0.05, 0) is 45.0 Å². The van der Waals surface area contributed by atoms with Gasteiger partial charge in [-0.2, -0.15) is 5.10 Å². The molecule has 1 atom stereocenters. The lowest BCUT2D eigenvalue weighted by Gasteiger charge is -2.18. The van der Waals surface area contributed by atoms with Gasteiger partial charge in [-0.25, -0.2) is 0 Å². The molecule has 0 amide bonds. The minimum Gasteiger partial charge on any atom is -0.309 e. The second-order valence-electron chi connectivity index (χ2n) is 5.23. The number of pyridine rings is 1. The van der Waals surface area contributed by atoms with Crippen molar-refractivity contribution in [2.24, 2.45) is 0 Å². The molecule has 0 radical (unpaired) electrons. The zero-order valence-corrected chi connectivity index (χ0v) is 13.9. The summed E-state index contributed by atoms with van der Waals surface area (Å²) >= 11 is 6.42. The van der Waals surface area contributed by atoms with Crippen LogP contribution in [0.4, 0.5) is 0 Å². The lowest BCUT2D eigenvalue weighted by Crippen LogP contribution is -2.25. The summed E-state index contributed by atoms with van der Waals surface area (Å²) in [6, 6.07) is 4.29. The second kappa shape index (κ2) is 7.05. The Morgan fingerprint density at radius 2 is 2.10 bits per heavy atom. The van der Waals surface area contributed by atoms with Crippen LogP contribution < -0.4 is 5.32 Å². The third-order valence-corrected chi connectivity index (χ3v) is 4.09. The molecule has 1 N–H and O–H groups in total. The van der Waals surface area contributed by atoms with Crippen LogP contribution in [0.2, 0.25) is 5.02 Å². The summed E-state index contributed by atoms with van der Waals surface area (Å²) < 4.78 is 1.98. The van der Waals surface area contributed by atoms with Gasteiger partial charge in [0.1, 0.15) is 0 Å². The Hall–Kier alpha value is -1.39. The molecule has 0 saturated carbocycles. The highest BCUT2D eigenvalue weighted by Crippen LogP contribution is 2.25. The molecule has 2 aromatic rings. The van der Waals surface area contributed by atoms with Crippen LogP contribution in [-0.4, -0.2) is 21.3 Å². The van der Waals surface area contributed by atoms with E-state index in [1.165, 1.54) is 5.56 Å². The van der Waals surface area contributed by atoms with Gasteiger partial charge in [-0.15, -0.1) is 0 Å². The Kier molecular flexibility index (Phi) is 5.37. The molecule has 114 valence electrons. The van der Waals surface area contributed by atoms with Gasteiger partial charge in [0.05, 0.1) is 28.1 Å². The molecule has 21 heavy (non-hydrogen) atoms.